The van der Waals surface area contributed by atoms with E-state index in [0.29, 0.717) is 0 Å². The quantitative estimate of drug-likeness (QED) is 0.581. The van der Waals surface area contributed by atoms with Crippen molar-refractivity contribution in [3.63, 3.8) is 0 Å². The molecule has 1 aromatic carbocycles. The Morgan fingerprint density at radius 2 is 1.92 bits per heavy atom. The number of anilines is 1. The van der Waals surface area contributed by atoms with Crippen LogP contribution in [0.1, 0.15) is 30.6 Å². The van der Waals surface area contributed by atoms with Crippen molar-refractivity contribution in [2.24, 2.45) is 13.0 Å². The number of ether oxygens (including phenoxy) is 2. The molecule has 0 radical (unpaired) electrons. The highest BCUT2D eigenvalue weighted by molar-refractivity contribution is 7.89. The van der Waals surface area contributed by atoms with Crippen molar-refractivity contribution in [1.82, 2.24) is 18.8 Å². The highest BCUT2D eigenvalue weighted by Gasteiger charge is 2.36. The second kappa shape index (κ2) is 11.9. The Balaban J connectivity index is 1.99. The number of nitrogens with zero attached hydrogens (tertiary/aromatic N) is 4. The fourth-order valence-electron chi connectivity index (χ4n) is 4.19. The zero-order valence-corrected chi connectivity index (χ0v) is 23.0. The minimum Gasteiger partial charge on any atom is -0.491 e. The van der Waals surface area contributed by atoms with Crippen LogP contribution < -0.4 is 10.1 Å². The van der Waals surface area contributed by atoms with Gasteiger partial charge in [0.1, 0.15) is 18.8 Å². The number of rotatable bonds is 5. The largest absolute Gasteiger partial charge is 0.491 e. The van der Waals surface area contributed by atoms with Crippen LogP contribution in [0.25, 0.3) is 0 Å². The Morgan fingerprint density at radius 3 is 2.51 bits per heavy atom. The Kier molecular flexibility index (Phi) is 9.28. The van der Waals surface area contributed by atoms with Gasteiger partial charge in [-0.1, -0.05) is 6.92 Å². The molecule has 11 nitrogen and oxygen atoms in total. The normalized spacial score (nSPS) is 21.9. The number of methoxy groups -OCH3 is 1. The van der Waals surface area contributed by atoms with Crippen LogP contribution in [-0.2, 0) is 26.6 Å². The lowest BCUT2D eigenvalue weighted by Crippen LogP contribution is -2.48. The van der Waals surface area contributed by atoms with Gasteiger partial charge in [0, 0.05) is 46.2 Å². The number of hydrogen-bond donors (Lipinski definition) is 1. The number of carbonyl (C=O) groups is 2. The van der Waals surface area contributed by atoms with Gasteiger partial charge in [0.2, 0.25) is 5.91 Å². The molecule has 1 aliphatic rings. The summed E-state index contributed by atoms with van der Waals surface area (Å²) in [5.41, 5.74) is -0.0405. The number of carbonyl (C=O) groups excluding carboxylic acids is 2. The van der Waals surface area contributed by atoms with E-state index in [1.54, 1.807) is 20.9 Å². The van der Waals surface area contributed by atoms with Gasteiger partial charge in [-0.2, -0.15) is 17.5 Å². The van der Waals surface area contributed by atoms with Gasteiger partial charge in [0.15, 0.2) is 5.03 Å². The average Bonchev–Trinajstić information content (AvgIpc) is 3.29. The summed E-state index contributed by atoms with van der Waals surface area (Å²) < 4.78 is 79.2. The molecule has 3 atom stereocenters. The van der Waals surface area contributed by atoms with Gasteiger partial charge in [-0.3, -0.25) is 9.59 Å². The lowest BCUT2D eigenvalue weighted by atomic mass is 10.0. The molecule has 0 aliphatic carbocycles. The zero-order valence-electron chi connectivity index (χ0n) is 22.2. The van der Waals surface area contributed by atoms with Crippen LogP contribution in [0.2, 0.25) is 0 Å². The summed E-state index contributed by atoms with van der Waals surface area (Å²) in [5, 5.41) is 2.02. The predicted octanol–water partition coefficient (Wildman–Crippen LogP) is 2.51. The van der Waals surface area contributed by atoms with Gasteiger partial charge < -0.3 is 24.3 Å². The molecule has 0 fully saturated rings. The highest BCUT2D eigenvalue weighted by Crippen LogP contribution is 2.28. The fraction of sp³-hybridized carbons (Fsp3) is 0.542. The average molecular weight is 576 g/mol. The lowest BCUT2D eigenvalue weighted by molar-refractivity contribution is -0.150. The van der Waals surface area contributed by atoms with Crippen LogP contribution in [0, 0.1) is 5.92 Å². The molecule has 15 heteroatoms. The summed E-state index contributed by atoms with van der Waals surface area (Å²) in [5.74, 6) is -2.09. The molecule has 2 heterocycles. The Bertz CT molecular complexity index is 1300. The van der Waals surface area contributed by atoms with Gasteiger partial charge in [-0.25, -0.2) is 13.4 Å². The number of aromatic nitrogens is 2. The smallest absolute Gasteiger partial charge is 0.397 e. The molecular weight excluding hydrogens is 543 g/mol. The van der Waals surface area contributed by atoms with Crippen LogP contribution in [0.15, 0.2) is 35.7 Å². The minimum absolute atomic E-state index is 0.0169. The first-order chi connectivity index (χ1) is 18.1. The van der Waals surface area contributed by atoms with Crippen molar-refractivity contribution in [3.8, 4) is 5.75 Å². The van der Waals surface area contributed by atoms with E-state index >= 15 is 0 Å². The van der Waals surface area contributed by atoms with Crippen LogP contribution in [0.5, 0.6) is 5.75 Å². The van der Waals surface area contributed by atoms with Crippen molar-refractivity contribution >= 4 is 27.5 Å². The monoisotopic (exact) mass is 575 g/mol. The standard InChI is InChI=1S/C24H32F3N5O6S/c1-15-10-32(39(35,36)22-12-30(3)14-28-22)16(2)13-38-19-7-6-17(29-21(33)9-24(25,26)27)8-18(19)23(34)31(4)11-20(15)37-5/h6-8,12,14-16,20H,9-11,13H2,1-5H3,(H,29,33)/t15-,16+,20+/m0/s1. The van der Waals surface area contributed by atoms with Crippen LogP contribution in [-0.4, -0.2) is 91.2 Å². The number of fused-ring (bicyclic) bond motifs is 1. The molecule has 0 unspecified atom stereocenters. The Morgan fingerprint density at radius 1 is 1.23 bits per heavy atom. The summed E-state index contributed by atoms with van der Waals surface area (Å²) >= 11 is 0. The number of likely N-dealkylation sites (N-methyl/N-ethyl adjacent to an activating group) is 1. The van der Waals surface area contributed by atoms with E-state index in [-0.39, 0.29) is 47.6 Å². The van der Waals surface area contributed by atoms with E-state index in [1.165, 1.54) is 58.7 Å². The Hall–Kier alpha value is -3.17. The molecule has 2 aromatic rings. The van der Waals surface area contributed by atoms with Gasteiger partial charge in [-0.05, 0) is 31.0 Å². The van der Waals surface area contributed by atoms with E-state index in [0.717, 1.165) is 0 Å². The van der Waals surface area contributed by atoms with E-state index < -0.39 is 46.6 Å². The maximum Gasteiger partial charge on any atom is 0.397 e. The summed E-state index contributed by atoms with van der Waals surface area (Å²) in [6.07, 6.45) is -4.16. The maximum absolute atomic E-state index is 13.5. The SMILES string of the molecule is CO[C@@H]1CN(C)C(=O)c2cc(NC(=O)CC(F)(F)F)ccc2OC[C@@H](C)N(S(=O)(=O)c2cn(C)cn2)C[C@@H]1C. The first-order valence-electron chi connectivity index (χ1n) is 12.0. The molecule has 0 spiro atoms. The molecule has 1 N–H and O–H groups in total. The third-order valence-electron chi connectivity index (χ3n) is 6.29. The predicted molar refractivity (Wildman–Crippen MR) is 135 cm³/mol. The van der Waals surface area contributed by atoms with Crippen molar-refractivity contribution in [3.05, 3.63) is 36.3 Å². The fourth-order valence-corrected chi connectivity index (χ4v) is 5.87. The number of nitrogens with one attached hydrogen (secondary N) is 1. The number of aryl methyl sites for hydroxylation is 1. The van der Waals surface area contributed by atoms with E-state index in [2.05, 4.69) is 10.3 Å². The number of imidazole rings is 1. The number of hydrogen-bond acceptors (Lipinski definition) is 7. The second-order valence-electron chi connectivity index (χ2n) is 9.60. The lowest BCUT2D eigenvalue weighted by Gasteiger charge is -2.35. The van der Waals surface area contributed by atoms with E-state index in [9.17, 15) is 31.2 Å². The topological polar surface area (TPSA) is 123 Å². The van der Waals surface area contributed by atoms with Gasteiger partial charge in [0.25, 0.3) is 15.9 Å². The molecule has 216 valence electrons. The minimum atomic E-state index is -4.69. The molecule has 0 saturated heterocycles. The molecule has 2 amide bonds. The number of alkyl halides is 3. The summed E-state index contributed by atoms with van der Waals surface area (Å²) in [6, 6.07) is 3.17. The molecule has 1 aromatic heterocycles. The van der Waals surface area contributed by atoms with E-state index in [4.69, 9.17) is 9.47 Å². The van der Waals surface area contributed by atoms with Crippen LogP contribution in [0.3, 0.4) is 0 Å². The number of sulfonamides is 1. The summed E-state index contributed by atoms with van der Waals surface area (Å²) in [7, 11) is 0.587. The zero-order chi connectivity index (χ0) is 29.1. The third kappa shape index (κ3) is 7.48. The molecule has 0 saturated carbocycles. The first-order valence-corrected chi connectivity index (χ1v) is 13.5. The highest BCUT2D eigenvalue weighted by atomic mass is 32.2. The molecular formula is C24H32F3N5O6S. The second-order valence-corrected chi connectivity index (χ2v) is 11.4. The van der Waals surface area contributed by atoms with Crippen molar-refractivity contribution in [2.75, 3.05) is 39.2 Å². The number of amides is 2. The summed E-state index contributed by atoms with van der Waals surface area (Å²) in [4.78, 5) is 30.5. The Labute approximate surface area is 224 Å². The number of benzene rings is 1. The van der Waals surface area contributed by atoms with Gasteiger partial charge in [0.05, 0.1) is 24.0 Å². The maximum atomic E-state index is 13.5. The molecule has 3 rings (SSSR count). The first kappa shape index (κ1) is 30.4. The van der Waals surface area contributed by atoms with Crippen molar-refractivity contribution < 1.29 is 40.7 Å². The number of halogens is 3. The molecule has 39 heavy (non-hydrogen) atoms. The third-order valence-corrected chi connectivity index (χ3v) is 8.15. The van der Waals surface area contributed by atoms with Crippen LogP contribution >= 0.6 is 0 Å². The van der Waals surface area contributed by atoms with E-state index in [1.807, 2.05) is 0 Å². The van der Waals surface area contributed by atoms with Gasteiger partial charge >= 0.3 is 6.18 Å². The molecule has 0 bridgehead atoms. The van der Waals surface area contributed by atoms with Crippen LogP contribution in [0.4, 0.5) is 18.9 Å². The summed E-state index contributed by atoms with van der Waals surface area (Å²) in [6.45, 7) is 3.43. The molecule has 1 aliphatic heterocycles. The van der Waals surface area contributed by atoms with Crippen molar-refractivity contribution in [1.29, 1.82) is 0 Å². The van der Waals surface area contributed by atoms with Crippen molar-refractivity contribution in [2.45, 2.75) is 43.6 Å². The van der Waals surface area contributed by atoms with Gasteiger partial charge in [-0.15, -0.1) is 0 Å².